The van der Waals surface area contributed by atoms with Crippen molar-refractivity contribution in [3.8, 4) is 11.5 Å². The third kappa shape index (κ3) is 3.67. The molecule has 0 bridgehead atoms. The van der Waals surface area contributed by atoms with E-state index in [1.165, 1.54) is 0 Å². The summed E-state index contributed by atoms with van der Waals surface area (Å²) < 4.78 is 7.44. The van der Waals surface area contributed by atoms with Gasteiger partial charge in [-0.2, -0.15) is 5.10 Å². The fourth-order valence-electron chi connectivity index (χ4n) is 2.56. The van der Waals surface area contributed by atoms with Crippen molar-refractivity contribution in [3.63, 3.8) is 0 Å². The van der Waals surface area contributed by atoms with Crippen molar-refractivity contribution < 1.29 is 9.53 Å². The second-order valence-corrected chi connectivity index (χ2v) is 6.09. The zero-order chi connectivity index (χ0) is 18.0. The number of aryl methyl sites for hydroxylation is 2. The van der Waals surface area contributed by atoms with Crippen molar-refractivity contribution in [2.75, 3.05) is 5.32 Å². The van der Waals surface area contributed by atoms with Crippen LogP contribution in [0.25, 0.3) is 0 Å². The van der Waals surface area contributed by atoms with Gasteiger partial charge in [0.2, 0.25) is 0 Å². The number of ether oxygens (including phenoxy) is 1. The third-order valence-corrected chi connectivity index (χ3v) is 4.22. The fourth-order valence-corrected chi connectivity index (χ4v) is 2.73. The first-order valence-corrected chi connectivity index (χ1v) is 8.17. The van der Waals surface area contributed by atoms with Gasteiger partial charge in [0.1, 0.15) is 11.5 Å². The molecule has 128 valence electrons. The van der Waals surface area contributed by atoms with Crippen LogP contribution in [0.15, 0.2) is 48.5 Å². The number of aromatic nitrogens is 2. The number of anilines is 1. The molecule has 0 aliphatic heterocycles. The minimum atomic E-state index is -0.178. The number of benzene rings is 2. The van der Waals surface area contributed by atoms with Gasteiger partial charge in [0.15, 0.2) is 0 Å². The van der Waals surface area contributed by atoms with E-state index in [1.807, 2.05) is 33.0 Å². The van der Waals surface area contributed by atoms with E-state index >= 15 is 0 Å². The minimum absolute atomic E-state index is 0.178. The Morgan fingerprint density at radius 2 is 1.80 bits per heavy atom. The van der Waals surface area contributed by atoms with E-state index in [-0.39, 0.29) is 5.91 Å². The van der Waals surface area contributed by atoms with Crippen LogP contribution in [0.2, 0.25) is 5.02 Å². The summed E-state index contributed by atoms with van der Waals surface area (Å²) in [5.74, 6) is 1.05. The zero-order valence-electron chi connectivity index (χ0n) is 14.2. The molecule has 0 atom stereocenters. The second-order valence-electron chi connectivity index (χ2n) is 5.68. The average Bonchev–Trinajstić information content (AvgIpc) is 2.84. The zero-order valence-corrected chi connectivity index (χ0v) is 15.0. The van der Waals surface area contributed by atoms with E-state index in [0.717, 1.165) is 5.69 Å². The highest BCUT2D eigenvalue weighted by molar-refractivity contribution is 6.32. The molecule has 0 spiro atoms. The molecule has 25 heavy (non-hydrogen) atoms. The van der Waals surface area contributed by atoms with Crippen molar-refractivity contribution in [2.45, 2.75) is 13.8 Å². The summed E-state index contributed by atoms with van der Waals surface area (Å²) in [5.41, 5.74) is 2.81. The molecule has 0 aliphatic carbocycles. The first-order chi connectivity index (χ1) is 12.0. The second kappa shape index (κ2) is 6.99. The quantitative estimate of drug-likeness (QED) is 0.735. The van der Waals surface area contributed by atoms with Crippen LogP contribution in [0.5, 0.6) is 11.5 Å². The highest BCUT2D eigenvalue weighted by atomic mass is 35.5. The summed E-state index contributed by atoms with van der Waals surface area (Å²) in [7, 11) is 1.82. The third-order valence-electron chi connectivity index (χ3n) is 3.91. The normalized spacial score (nSPS) is 10.6. The maximum atomic E-state index is 12.5. The van der Waals surface area contributed by atoms with Crippen LogP contribution in [0.3, 0.4) is 0 Å². The average molecular weight is 356 g/mol. The van der Waals surface area contributed by atoms with Gasteiger partial charge in [-0.1, -0.05) is 23.7 Å². The Morgan fingerprint density at radius 1 is 1.12 bits per heavy atom. The summed E-state index contributed by atoms with van der Waals surface area (Å²) >= 11 is 6.08. The van der Waals surface area contributed by atoms with Crippen molar-refractivity contribution in [1.82, 2.24) is 9.78 Å². The molecule has 5 nitrogen and oxygen atoms in total. The van der Waals surface area contributed by atoms with Gasteiger partial charge in [-0.05, 0) is 50.2 Å². The molecule has 0 saturated carbocycles. The number of para-hydroxylation sites is 1. The molecule has 0 fully saturated rings. The lowest BCUT2D eigenvalue weighted by molar-refractivity contribution is 0.102. The monoisotopic (exact) mass is 355 g/mol. The number of amides is 1. The maximum absolute atomic E-state index is 12.5. The lowest BCUT2D eigenvalue weighted by Gasteiger charge is -2.09. The molecule has 2 aromatic carbocycles. The van der Waals surface area contributed by atoms with E-state index in [4.69, 9.17) is 16.3 Å². The molecule has 0 radical (unpaired) electrons. The van der Waals surface area contributed by atoms with Gasteiger partial charge in [0.05, 0.1) is 16.3 Å². The van der Waals surface area contributed by atoms with E-state index in [1.54, 1.807) is 41.1 Å². The minimum Gasteiger partial charge on any atom is -0.456 e. The Kier molecular flexibility index (Phi) is 4.76. The molecule has 0 aliphatic rings. The molecule has 3 aromatic rings. The molecule has 0 saturated heterocycles. The molecular formula is C19H18ClN3O2. The van der Waals surface area contributed by atoms with Crippen molar-refractivity contribution in [3.05, 3.63) is 70.5 Å². The molecular weight excluding hydrogens is 338 g/mol. The Bertz CT molecular complexity index is 917. The van der Waals surface area contributed by atoms with Crippen molar-refractivity contribution in [2.24, 2.45) is 7.05 Å². The van der Waals surface area contributed by atoms with Gasteiger partial charge in [-0.15, -0.1) is 0 Å². The summed E-state index contributed by atoms with van der Waals surface area (Å²) in [6, 6.07) is 14.4. The highest BCUT2D eigenvalue weighted by Crippen LogP contribution is 2.29. The summed E-state index contributed by atoms with van der Waals surface area (Å²) in [5, 5.41) is 7.69. The molecule has 3 rings (SSSR count). The standard InChI is InChI=1S/C19H18ClN3O2/c1-12-18(13(2)23(3)22-12)19(24)21-14-8-10-15(11-9-14)25-17-7-5-4-6-16(17)20/h4-11H,1-3H3,(H,21,24). The Morgan fingerprint density at radius 3 is 2.40 bits per heavy atom. The van der Waals surface area contributed by atoms with Gasteiger partial charge in [-0.25, -0.2) is 0 Å². The van der Waals surface area contributed by atoms with Crippen LogP contribution in [-0.2, 0) is 7.05 Å². The highest BCUT2D eigenvalue weighted by Gasteiger charge is 2.17. The molecule has 1 heterocycles. The van der Waals surface area contributed by atoms with Crippen LogP contribution >= 0.6 is 11.6 Å². The number of nitrogens with one attached hydrogen (secondary N) is 1. The van der Waals surface area contributed by atoms with Gasteiger partial charge in [0, 0.05) is 18.4 Å². The fraction of sp³-hybridized carbons (Fsp3) is 0.158. The van der Waals surface area contributed by atoms with E-state index < -0.39 is 0 Å². The van der Waals surface area contributed by atoms with Gasteiger partial charge >= 0.3 is 0 Å². The smallest absolute Gasteiger partial charge is 0.259 e. The van der Waals surface area contributed by atoms with Gasteiger partial charge in [-0.3, -0.25) is 9.48 Å². The molecule has 0 unspecified atom stereocenters. The number of carbonyl (C=O) groups excluding carboxylic acids is 1. The number of halogens is 1. The van der Waals surface area contributed by atoms with Crippen LogP contribution in [0.1, 0.15) is 21.7 Å². The summed E-state index contributed by atoms with van der Waals surface area (Å²) in [4.78, 5) is 12.5. The van der Waals surface area contributed by atoms with Gasteiger partial charge in [0.25, 0.3) is 5.91 Å². The van der Waals surface area contributed by atoms with Crippen LogP contribution < -0.4 is 10.1 Å². The molecule has 6 heteroatoms. The summed E-state index contributed by atoms with van der Waals surface area (Å²) in [6.45, 7) is 3.69. The number of hydrogen-bond donors (Lipinski definition) is 1. The van der Waals surface area contributed by atoms with E-state index in [9.17, 15) is 4.79 Å². The topological polar surface area (TPSA) is 56.2 Å². The van der Waals surface area contributed by atoms with Crippen LogP contribution in [0.4, 0.5) is 5.69 Å². The first kappa shape index (κ1) is 17.0. The predicted octanol–water partition coefficient (Wildman–Crippen LogP) is 4.73. The number of hydrogen-bond acceptors (Lipinski definition) is 3. The van der Waals surface area contributed by atoms with Gasteiger partial charge < -0.3 is 10.1 Å². The Hall–Kier alpha value is -2.79. The first-order valence-electron chi connectivity index (χ1n) is 7.79. The Balaban J connectivity index is 1.72. The van der Waals surface area contributed by atoms with Crippen molar-refractivity contribution in [1.29, 1.82) is 0 Å². The summed E-state index contributed by atoms with van der Waals surface area (Å²) in [6.07, 6.45) is 0. The molecule has 1 N–H and O–H groups in total. The largest absolute Gasteiger partial charge is 0.456 e. The lowest BCUT2D eigenvalue weighted by atomic mass is 10.2. The molecule has 1 aromatic heterocycles. The maximum Gasteiger partial charge on any atom is 0.259 e. The van der Waals surface area contributed by atoms with E-state index in [0.29, 0.717) is 33.5 Å². The SMILES string of the molecule is Cc1nn(C)c(C)c1C(=O)Nc1ccc(Oc2ccccc2Cl)cc1. The predicted molar refractivity (Wildman–Crippen MR) is 98.6 cm³/mol. The molecule has 1 amide bonds. The van der Waals surface area contributed by atoms with Crippen molar-refractivity contribution >= 4 is 23.2 Å². The Labute approximate surface area is 151 Å². The number of carbonyl (C=O) groups is 1. The number of nitrogens with zero attached hydrogens (tertiary/aromatic N) is 2. The lowest BCUT2D eigenvalue weighted by Crippen LogP contribution is -2.14. The number of rotatable bonds is 4. The van der Waals surface area contributed by atoms with E-state index in [2.05, 4.69) is 10.4 Å². The van der Waals surface area contributed by atoms with Crippen LogP contribution in [0, 0.1) is 13.8 Å². The van der Waals surface area contributed by atoms with Crippen LogP contribution in [-0.4, -0.2) is 15.7 Å².